The quantitative estimate of drug-likeness (QED) is 0.173. The van der Waals surface area contributed by atoms with Gasteiger partial charge in [0.25, 0.3) is 0 Å². The fourth-order valence-corrected chi connectivity index (χ4v) is 14.7. The van der Waals surface area contributed by atoms with Gasteiger partial charge in [-0.25, -0.2) is 0 Å². The molecule has 0 aliphatic carbocycles. The third kappa shape index (κ3) is 12.2. The fourth-order valence-electron chi connectivity index (χ4n) is 3.25. The number of hydrogen-bond donors (Lipinski definition) is 0. The summed E-state index contributed by atoms with van der Waals surface area (Å²) in [4.78, 5) is 0. The minimum atomic E-state index is -2.21. The van der Waals surface area contributed by atoms with E-state index in [1.54, 1.807) is 0 Å². The number of unbranched alkanes of at least 4 members (excludes halogenated alkanes) is 9. The summed E-state index contributed by atoms with van der Waals surface area (Å²) in [5, 5.41) is 0. The zero-order valence-electron chi connectivity index (χ0n) is 16.2. The van der Waals surface area contributed by atoms with Gasteiger partial charge in [0.2, 0.25) is 0 Å². The van der Waals surface area contributed by atoms with Crippen LogP contribution in [0.15, 0.2) is 0 Å². The van der Waals surface area contributed by atoms with Crippen molar-refractivity contribution in [2.75, 3.05) is 6.61 Å². The number of rotatable bonds is 17. The zero-order valence-corrected chi connectivity index (χ0v) is 19.1. The van der Waals surface area contributed by atoms with Gasteiger partial charge >= 0.3 is 147 Å². The molecule has 0 N–H and O–H groups in total. The van der Waals surface area contributed by atoms with Crippen LogP contribution in [-0.4, -0.2) is 25.4 Å². The third-order valence-electron chi connectivity index (χ3n) is 5.02. The first-order valence-corrected chi connectivity index (χ1v) is 17.6. The van der Waals surface area contributed by atoms with Gasteiger partial charge in [0.1, 0.15) is 0 Å². The molecule has 0 aliphatic rings. The van der Waals surface area contributed by atoms with Crippen LogP contribution in [0.1, 0.15) is 105 Å². The van der Waals surface area contributed by atoms with Gasteiger partial charge in [-0.15, -0.1) is 0 Å². The molecule has 0 atom stereocenters. The van der Waals surface area contributed by atoms with Crippen molar-refractivity contribution in [2.45, 2.75) is 118 Å². The molecular weight excluding hydrogens is 375 g/mol. The Morgan fingerprint density at radius 1 is 0.545 bits per heavy atom. The van der Waals surface area contributed by atoms with E-state index in [0.29, 0.717) is 0 Å². The van der Waals surface area contributed by atoms with Crippen LogP contribution in [0.3, 0.4) is 0 Å². The molecule has 0 radical (unpaired) electrons. The van der Waals surface area contributed by atoms with Gasteiger partial charge in [-0.1, -0.05) is 0 Å². The fraction of sp³-hybridized carbons (Fsp3) is 1.00. The van der Waals surface area contributed by atoms with Gasteiger partial charge in [0.15, 0.2) is 0 Å². The molecule has 0 aromatic carbocycles. The molecular formula is C20H44OSn. The molecule has 0 aliphatic heterocycles. The molecule has 0 unspecified atom stereocenters. The van der Waals surface area contributed by atoms with Crippen LogP contribution in [0.2, 0.25) is 13.3 Å². The second-order valence-corrected chi connectivity index (χ2v) is 19.5. The first-order chi connectivity index (χ1) is 10.7. The summed E-state index contributed by atoms with van der Waals surface area (Å²) >= 11 is -2.21. The molecule has 0 heterocycles. The van der Waals surface area contributed by atoms with Crippen LogP contribution in [0.5, 0.6) is 0 Å². The second-order valence-electron chi connectivity index (χ2n) is 7.07. The van der Waals surface area contributed by atoms with Crippen LogP contribution >= 0.6 is 0 Å². The van der Waals surface area contributed by atoms with Crippen LogP contribution < -0.4 is 0 Å². The van der Waals surface area contributed by atoms with Crippen LogP contribution in [0.4, 0.5) is 0 Å². The molecule has 2 heteroatoms. The maximum absolute atomic E-state index is 6.64. The van der Waals surface area contributed by atoms with E-state index >= 15 is 0 Å². The molecule has 0 aromatic heterocycles. The van der Waals surface area contributed by atoms with Crippen molar-refractivity contribution in [3.8, 4) is 0 Å². The first kappa shape index (κ1) is 22.8. The summed E-state index contributed by atoms with van der Waals surface area (Å²) in [6, 6.07) is 0. The van der Waals surface area contributed by atoms with Gasteiger partial charge in [-0.2, -0.15) is 0 Å². The topological polar surface area (TPSA) is 9.23 Å². The SMILES string of the molecule is CCCCCCCCCC[O][Sn]([CH2]C)([CH2]CCC)[CH2]CCC. The second kappa shape index (κ2) is 16.6. The van der Waals surface area contributed by atoms with Gasteiger partial charge in [0, 0.05) is 0 Å². The predicted octanol–water partition coefficient (Wildman–Crippen LogP) is 7.71. The molecule has 0 fully saturated rings. The summed E-state index contributed by atoms with van der Waals surface area (Å²) in [5.74, 6) is 0. The molecule has 22 heavy (non-hydrogen) atoms. The van der Waals surface area contributed by atoms with E-state index in [-0.39, 0.29) is 0 Å². The van der Waals surface area contributed by atoms with Crippen molar-refractivity contribution in [2.24, 2.45) is 0 Å². The van der Waals surface area contributed by atoms with E-state index in [0.717, 1.165) is 6.61 Å². The molecule has 0 rings (SSSR count). The monoisotopic (exact) mass is 420 g/mol. The van der Waals surface area contributed by atoms with Gasteiger partial charge < -0.3 is 0 Å². The van der Waals surface area contributed by atoms with Crippen molar-refractivity contribution in [1.29, 1.82) is 0 Å². The molecule has 1 nitrogen and oxygen atoms in total. The maximum atomic E-state index is 6.64. The Labute approximate surface area is 146 Å². The van der Waals surface area contributed by atoms with E-state index in [9.17, 15) is 0 Å². The Morgan fingerprint density at radius 2 is 1.00 bits per heavy atom. The summed E-state index contributed by atoms with van der Waals surface area (Å²) in [5.41, 5.74) is 0. The van der Waals surface area contributed by atoms with Gasteiger partial charge in [0.05, 0.1) is 0 Å². The standard InChI is InChI=1S/C10H21O.2C4H9.C2H5.Sn/c1-2-3-4-5-6-7-8-9-10-11;2*1-3-4-2;1-2;/h2-10H2,1H3;2*1,3-4H2,2H3;1H2,2H3;/q-1;;;;+1. The summed E-state index contributed by atoms with van der Waals surface area (Å²) < 4.78 is 11.0. The normalized spacial score (nSPS) is 12.0. The van der Waals surface area contributed by atoms with Crippen molar-refractivity contribution in [1.82, 2.24) is 0 Å². The Morgan fingerprint density at radius 3 is 1.45 bits per heavy atom. The van der Waals surface area contributed by atoms with Crippen LogP contribution in [-0.2, 0) is 3.07 Å². The van der Waals surface area contributed by atoms with E-state index in [4.69, 9.17) is 3.07 Å². The van der Waals surface area contributed by atoms with Crippen molar-refractivity contribution < 1.29 is 3.07 Å². The van der Waals surface area contributed by atoms with E-state index in [2.05, 4.69) is 27.7 Å². The van der Waals surface area contributed by atoms with E-state index in [1.165, 1.54) is 90.4 Å². The zero-order chi connectivity index (χ0) is 16.5. The van der Waals surface area contributed by atoms with E-state index in [1.807, 2.05) is 0 Å². The van der Waals surface area contributed by atoms with E-state index < -0.39 is 18.8 Å². The molecule has 0 saturated heterocycles. The molecule has 134 valence electrons. The average molecular weight is 419 g/mol. The summed E-state index contributed by atoms with van der Waals surface area (Å²) in [7, 11) is 0. The van der Waals surface area contributed by atoms with Crippen LogP contribution in [0, 0.1) is 0 Å². The Balaban J connectivity index is 3.82. The molecule has 0 amide bonds. The first-order valence-electron chi connectivity index (χ1n) is 10.4. The summed E-state index contributed by atoms with van der Waals surface area (Å²) in [6.07, 6.45) is 16.7. The van der Waals surface area contributed by atoms with Crippen molar-refractivity contribution in [3.05, 3.63) is 0 Å². The molecule has 0 saturated carbocycles. The number of hydrogen-bond acceptors (Lipinski definition) is 1. The third-order valence-corrected chi connectivity index (χ3v) is 18.3. The Kier molecular flexibility index (Phi) is 17.2. The molecule has 0 bridgehead atoms. The Hall–Kier alpha value is 0.759. The molecule has 0 aromatic rings. The Bertz CT molecular complexity index is 210. The van der Waals surface area contributed by atoms with Crippen molar-refractivity contribution in [3.63, 3.8) is 0 Å². The minimum absolute atomic E-state index is 1.08. The van der Waals surface area contributed by atoms with Crippen LogP contribution in [0.25, 0.3) is 0 Å². The average Bonchev–Trinajstić information content (AvgIpc) is 2.55. The van der Waals surface area contributed by atoms with Gasteiger partial charge in [-0.05, 0) is 0 Å². The van der Waals surface area contributed by atoms with Crippen molar-refractivity contribution >= 4 is 18.8 Å². The molecule has 0 spiro atoms. The van der Waals surface area contributed by atoms with Gasteiger partial charge in [-0.3, -0.25) is 0 Å². The summed E-state index contributed by atoms with van der Waals surface area (Å²) in [6.45, 7) is 10.4. The predicted molar refractivity (Wildman–Crippen MR) is 104 cm³/mol.